The lowest BCUT2D eigenvalue weighted by Gasteiger charge is -2.17. The van der Waals surface area contributed by atoms with E-state index < -0.39 is 5.25 Å². The molecule has 2 heterocycles. The fraction of sp³-hybridized carbons (Fsp3) is 0.500. The molecule has 0 saturated heterocycles. The number of amides is 1. The standard InChI is InChI=1S/C18H21FN4OS/c19-13-7-5-12(6-8-13)16(17(24)20-14-9-10-14)25-18-22-21-15-4-2-1-3-11-23(15)18/h5-8,14,16H,1-4,9-11H2,(H,20,24). The highest BCUT2D eigenvalue weighted by Gasteiger charge is 2.30. The van der Waals surface area contributed by atoms with Crippen molar-refractivity contribution in [1.29, 1.82) is 0 Å². The first-order chi connectivity index (χ1) is 12.2. The van der Waals surface area contributed by atoms with Gasteiger partial charge in [-0.15, -0.1) is 10.2 Å². The zero-order chi connectivity index (χ0) is 17.2. The molecule has 1 N–H and O–H groups in total. The van der Waals surface area contributed by atoms with Crippen LogP contribution in [-0.4, -0.2) is 26.7 Å². The Morgan fingerprint density at radius 1 is 1.20 bits per heavy atom. The molecule has 1 aliphatic carbocycles. The second-order valence-electron chi connectivity index (χ2n) is 6.69. The Labute approximate surface area is 150 Å². The van der Waals surface area contributed by atoms with Gasteiger partial charge in [0.1, 0.15) is 16.9 Å². The molecule has 1 aromatic carbocycles. The Hall–Kier alpha value is -1.89. The Balaban J connectivity index is 1.60. The van der Waals surface area contributed by atoms with Crippen LogP contribution in [-0.2, 0) is 17.8 Å². The topological polar surface area (TPSA) is 59.8 Å². The molecule has 0 radical (unpaired) electrons. The highest BCUT2D eigenvalue weighted by molar-refractivity contribution is 8.00. The molecule has 2 aliphatic rings. The van der Waals surface area contributed by atoms with Gasteiger partial charge >= 0.3 is 0 Å². The molecule has 1 atom stereocenters. The summed E-state index contributed by atoms with van der Waals surface area (Å²) in [7, 11) is 0. The van der Waals surface area contributed by atoms with Gasteiger partial charge in [-0.1, -0.05) is 30.3 Å². The van der Waals surface area contributed by atoms with E-state index in [4.69, 9.17) is 0 Å². The number of hydrogen-bond donors (Lipinski definition) is 1. The van der Waals surface area contributed by atoms with Gasteiger partial charge in [0.05, 0.1) is 0 Å². The van der Waals surface area contributed by atoms with Gasteiger partial charge in [0.25, 0.3) is 0 Å². The van der Waals surface area contributed by atoms with Crippen molar-refractivity contribution >= 4 is 17.7 Å². The van der Waals surface area contributed by atoms with Gasteiger partial charge in [-0.3, -0.25) is 4.79 Å². The molecule has 1 aromatic heterocycles. The molecule has 1 amide bonds. The van der Waals surface area contributed by atoms with Crippen molar-refractivity contribution in [2.75, 3.05) is 0 Å². The first-order valence-corrected chi connectivity index (χ1v) is 9.73. The zero-order valence-corrected chi connectivity index (χ0v) is 14.8. The summed E-state index contributed by atoms with van der Waals surface area (Å²) >= 11 is 1.41. The number of benzene rings is 1. The van der Waals surface area contributed by atoms with Crippen LogP contribution in [0.1, 0.15) is 48.7 Å². The van der Waals surface area contributed by atoms with Crippen LogP contribution in [0.4, 0.5) is 4.39 Å². The first-order valence-electron chi connectivity index (χ1n) is 8.85. The number of carbonyl (C=O) groups excluding carboxylic acids is 1. The average Bonchev–Trinajstić information content (AvgIpc) is 3.39. The van der Waals surface area contributed by atoms with Gasteiger partial charge < -0.3 is 9.88 Å². The van der Waals surface area contributed by atoms with E-state index in [1.807, 2.05) is 0 Å². The SMILES string of the molecule is O=C(NC1CC1)C(Sc1nnc2n1CCCCC2)c1ccc(F)cc1. The van der Waals surface area contributed by atoms with Crippen molar-refractivity contribution in [1.82, 2.24) is 20.1 Å². The number of thioether (sulfide) groups is 1. The Morgan fingerprint density at radius 2 is 2.00 bits per heavy atom. The van der Waals surface area contributed by atoms with Crippen molar-refractivity contribution in [2.24, 2.45) is 0 Å². The van der Waals surface area contributed by atoms with Gasteiger partial charge in [-0.2, -0.15) is 0 Å². The second-order valence-corrected chi connectivity index (χ2v) is 7.77. The molecule has 2 aromatic rings. The molecular formula is C18H21FN4OS. The lowest BCUT2D eigenvalue weighted by molar-refractivity contribution is -0.120. The number of aromatic nitrogens is 3. The lowest BCUT2D eigenvalue weighted by atomic mass is 10.1. The molecule has 0 bridgehead atoms. The van der Waals surface area contributed by atoms with E-state index in [1.54, 1.807) is 12.1 Å². The summed E-state index contributed by atoms with van der Waals surface area (Å²) in [6.45, 7) is 0.894. The molecule has 1 aliphatic heterocycles. The molecule has 4 rings (SSSR count). The number of fused-ring (bicyclic) bond motifs is 1. The smallest absolute Gasteiger partial charge is 0.238 e. The van der Waals surface area contributed by atoms with Gasteiger partial charge in [0, 0.05) is 19.0 Å². The summed E-state index contributed by atoms with van der Waals surface area (Å²) in [4.78, 5) is 12.8. The predicted octanol–water partition coefficient (Wildman–Crippen LogP) is 3.26. The average molecular weight is 360 g/mol. The Bertz CT molecular complexity index is 757. The van der Waals surface area contributed by atoms with E-state index in [2.05, 4.69) is 20.1 Å². The number of nitrogens with one attached hydrogen (secondary N) is 1. The van der Waals surface area contributed by atoms with Gasteiger partial charge in [0.2, 0.25) is 5.91 Å². The molecule has 7 heteroatoms. The van der Waals surface area contributed by atoms with Gasteiger partial charge in [0.15, 0.2) is 5.16 Å². The number of hydrogen-bond acceptors (Lipinski definition) is 4. The van der Waals surface area contributed by atoms with Crippen LogP contribution in [0.25, 0.3) is 0 Å². The van der Waals surface area contributed by atoms with Crippen molar-refractivity contribution in [3.63, 3.8) is 0 Å². The maximum Gasteiger partial charge on any atom is 0.238 e. The maximum absolute atomic E-state index is 13.3. The minimum atomic E-state index is -0.447. The third kappa shape index (κ3) is 3.86. The number of aryl methyl sites for hydroxylation is 1. The summed E-state index contributed by atoms with van der Waals surface area (Å²) in [5.74, 6) is 0.664. The molecule has 132 valence electrons. The van der Waals surface area contributed by atoms with Crippen LogP contribution in [0.15, 0.2) is 29.4 Å². The molecule has 0 spiro atoms. The Kier molecular flexibility index (Phi) is 4.74. The highest BCUT2D eigenvalue weighted by atomic mass is 32.2. The number of rotatable bonds is 5. The zero-order valence-electron chi connectivity index (χ0n) is 13.9. The van der Waals surface area contributed by atoms with Crippen LogP contribution in [0, 0.1) is 5.82 Å². The summed E-state index contributed by atoms with van der Waals surface area (Å²) < 4.78 is 15.4. The van der Waals surface area contributed by atoms with E-state index in [0.717, 1.165) is 55.2 Å². The quantitative estimate of drug-likeness (QED) is 0.832. The summed E-state index contributed by atoms with van der Waals surface area (Å²) in [5.41, 5.74) is 0.788. The van der Waals surface area contributed by atoms with E-state index in [1.165, 1.54) is 30.3 Å². The normalized spacial score (nSPS) is 18.3. The molecule has 25 heavy (non-hydrogen) atoms. The van der Waals surface area contributed by atoms with Crippen LogP contribution >= 0.6 is 11.8 Å². The fourth-order valence-electron chi connectivity index (χ4n) is 3.07. The number of halogens is 1. The third-order valence-corrected chi connectivity index (χ3v) is 5.87. The lowest BCUT2D eigenvalue weighted by Crippen LogP contribution is -2.30. The molecule has 1 saturated carbocycles. The van der Waals surface area contributed by atoms with Crippen LogP contribution in [0.5, 0.6) is 0 Å². The van der Waals surface area contributed by atoms with E-state index in [-0.39, 0.29) is 17.8 Å². The minimum Gasteiger partial charge on any atom is -0.352 e. The predicted molar refractivity (Wildman–Crippen MR) is 93.7 cm³/mol. The minimum absolute atomic E-state index is 0.0370. The van der Waals surface area contributed by atoms with E-state index >= 15 is 0 Å². The summed E-state index contributed by atoms with van der Waals surface area (Å²) in [6, 6.07) is 6.44. The molecule has 1 unspecified atom stereocenters. The van der Waals surface area contributed by atoms with E-state index in [0.29, 0.717) is 0 Å². The van der Waals surface area contributed by atoms with Crippen LogP contribution in [0.3, 0.4) is 0 Å². The maximum atomic E-state index is 13.3. The fourth-order valence-corrected chi connectivity index (χ4v) is 4.16. The highest BCUT2D eigenvalue weighted by Crippen LogP contribution is 2.36. The largest absolute Gasteiger partial charge is 0.352 e. The molecule has 5 nitrogen and oxygen atoms in total. The van der Waals surface area contributed by atoms with E-state index in [9.17, 15) is 9.18 Å². The van der Waals surface area contributed by atoms with Crippen molar-refractivity contribution in [2.45, 2.75) is 61.5 Å². The van der Waals surface area contributed by atoms with Gasteiger partial charge in [-0.25, -0.2) is 4.39 Å². The van der Waals surface area contributed by atoms with Crippen LogP contribution in [0.2, 0.25) is 0 Å². The van der Waals surface area contributed by atoms with Crippen molar-refractivity contribution in [3.8, 4) is 0 Å². The van der Waals surface area contributed by atoms with Crippen LogP contribution < -0.4 is 5.32 Å². The van der Waals surface area contributed by atoms with Gasteiger partial charge in [-0.05, 0) is 43.4 Å². The van der Waals surface area contributed by atoms with Crippen molar-refractivity contribution in [3.05, 3.63) is 41.5 Å². The van der Waals surface area contributed by atoms with Crippen molar-refractivity contribution < 1.29 is 9.18 Å². The Morgan fingerprint density at radius 3 is 2.76 bits per heavy atom. The monoisotopic (exact) mass is 360 g/mol. The number of carbonyl (C=O) groups is 1. The summed E-state index contributed by atoms with van der Waals surface area (Å²) in [6.07, 6.45) is 6.43. The second kappa shape index (κ2) is 7.15. The molecular weight excluding hydrogens is 339 g/mol. The number of nitrogens with zero attached hydrogens (tertiary/aromatic N) is 3. The first kappa shape index (κ1) is 16.6. The summed E-state index contributed by atoms with van der Waals surface area (Å²) in [5, 5.41) is 12.0. The molecule has 1 fully saturated rings. The third-order valence-electron chi connectivity index (χ3n) is 4.63.